The molecule has 12 heteroatoms. The van der Waals surface area contributed by atoms with Gasteiger partial charge in [-0.1, -0.05) is 26.8 Å². The van der Waals surface area contributed by atoms with Crippen LogP contribution in [0, 0.1) is 5.82 Å². The number of rotatable bonds is 8. The normalized spacial score (nSPS) is 11.2. The number of pyridine rings is 1. The lowest BCUT2D eigenvalue weighted by molar-refractivity contribution is 0.0526. The number of carbonyl (C=O) groups is 2. The molecule has 0 aliphatic carbocycles. The summed E-state index contributed by atoms with van der Waals surface area (Å²) in [7, 11) is 1.81. The molecule has 0 fully saturated rings. The Bertz CT molecular complexity index is 1820. The van der Waals surface area contributed by atoms with Crippen LogP contribution in [0.5, 0.6) is 11.5 Å². The fourth-order valence-electron chi connectivity index (χ4n) is 4.27. The van der Waals surface area contributed by atoms with Crippen molar-refractivity contribution in [2.75, 3.05) is 17.2 Å². The number of nitrogens with one attached hydrogen (secondary N) is 2. The molecule has 5 rings (SSSR count). The monoisotopic (exact) mass is 597 g/mol. The van der Waals surface area contributed by atoms with Crippen LogP contribution in [0.4, 0.5) is 20.7 Å². The molecule has 44 heavy (non-hydrogen) atoms. The topological polar surface area (TPSA) is 125 Å². The second-order valence-electron chi connectivity index (χ2n) is 10.9. The first-order valence-electron chi connectivity index (χ1n) is 13.9. The van der Waals surface area contributed by atoms with E-state index in [1.165, 1.54) is 16.8 Å². The number of aromatic nitrogens is 5. The van der Waals surface area contributed by atoms with Crippen LogP contribution in [0.15, 0.2) is 79.3 Å². The molecule has 2 amide bonds. The van der Waals surface area contributed by atoms with Crippen LogP contribution in [0.2, 0.25) is 0 Å². The van der Waals surface area contributed by atoms with Gasteiger partial charge in [-0.25, -0.2) is 18.7 Å². The number of esters is 1. The van der Waals surface area contributed by atoms with E-state index >= 15 is 4.39 Å². The van der Waals surface area contributed by atoms with Crippen molar-refractivity contribution in [2.45, 2.75) is 33.1 Å². The van der Waals surface area contributed by atoms with E-state index in [0.717, 1.165) is 5.56 Å². The lowest BCUT2D eigenvalue weighted by atomic mass is 9.92. The third kappa shape index (κ3) is 6.92. The summed E-state index contributed by atoms with van der Waals surface area (Å²) in [6.45, 7) is 7.94. The Balaban J connectivity index is 1.32. The van der Waals surface area contributed by atoms with E-state index < -0.39 is 17.8 Å². The molecule has 0 unspecified atom stereocenters. The number of nitrogens with zero attached hydrogens (tertiary/aromatic N) is 5. The minimum Gasteiger partial charge on any atom is -0.462 e. The summed E-state index contributed by atoms with van der Waals surface area (Å²) >= 11 is 0. The third-order valence-electron chi connectivity index (χ3n) is 6.48. The van der Waals surface area contributed by atoms with E-state index in [4.69, 9.17) is 9.47 Å². The Labute approximate surface area is 253 Å². The SMILES string of the molecule is CCOC(=O)c1cccc(-n2nc(C(C)(C)C)cc2NC(=O)Nc2ccc(Oc3ccnc(-c4cnn(C)c4)c3)cc2F)c1. The molecule has 0 saturated heterocycles. The van der Waals surface area contributed by atoms with Crippen LogP contribution >= 0.6 is 0 Å². The van der Waals surface area contributed by atoms with E-state index in [0.29, 0.717) is 34.2 Å². The van der Waals surface area contributed by atoms with Gasteiger partial charge in [0.15, 0.2) is 0 Å². The fourth-order valence-corrected chi connectivity index (χ4v) is 4.27. The summed E-state index contributed by atoms with van der Waals surface area (Å²) in [6, 6.07) is 15.3. The summed E-state index contributed by atoms with van der Waals surface area (Å²) in [4.78, 5) is 29.7. The van der Waals surface area contributed by atoms with Gasteiger partial charge in [0.1, 0.15) is 23.1 Å². The van der Waals surface area contributed by atoms with Gasteiger partial charge < -0.3 is 14.8 Å². The van der Waals surface area contributed by atoms with Crippen LogP contribution in [0.3, 0.4) is 0 Å². The zero-order valence-corrected chi connectivity index (χ0v) is 25.0. The highest BCUT2D eigenvalue weighted by Crippen LogP contribution is 2.29. The second-order valence-corrected chi connectivity index (χ2v) is 10.9. The standard InChI is InChI=1S/C32H32FN7O4/c1-6-43-30(41)20-8-7-9-22(14-20)40-29(17-28(38-40)32(2,3)4)37-31(42)36-26-11-10-23(15-25(26)33)44-24-12-13-34-27(16-24)21-18-35-39(5)19-21/h7-19H,6H2,1-5H3,(H2,36,37,42). The average molecular weight is 598 g/mol. The summed E-state index contributed by atoms with van der Waals surface area (Å²) in [5.74, 6) is -0.121. The molecule has 0 spiro atoms. The van der Waals surface area contributed by atoms with Gasteiger partial charge in [-0.05, 0) is 43.3 Å². The molecule has 0 aliphatic heterocycles. The Hall–Kier alpha value is -5.52. The highest BCUT2D eigenvalue weighted by atomic mass is 19.1. The van der Waals surface area contributed by atoms with Gasteiger partial charge >= 0.3 is 12.0 Å². The number of carbonyl (C=O) groups excluding carboxylic acids is 2. The number of urea groups is 1. The molecule has 0 atom stereocenters. The fraction of sp³-hybridized carbons (Fsp3) is 0.219. The molecule has 0 bridgehead atoms. The number of halogens is 1. The molecule has 0 saturated carbocycles. The lowest BCUT2D eigenvalue weighted by Crippen LogP contribution is -2.22. The van der Waals surface area contributed by atoms with E-state index in [9.17, 15) is 9.59 Å². The second kappa shape index (κ2) is 12.4. The minimum atomic E-state index is -0.690. The number of benzene rings is 2. The van der Waals surface area contributed by atoms with Crippen molar-refractivity contribution in [3.63, 3.8) is 0 Å². The van der Waals surface area contributed by atoms with Crippen molar-refractivity contribution in [3.8, 4) is 28.4 Å². The van der Waals surface area contributed by atoms with Gasteiger partial charge in [-0.3, -0.25) is 15.0 Å². The van der Waals surface area contributed by atoms with Gasteiger partial charge in [0, 0.05) is 48.6 Å². The van der Waals surface area contributed by atoms with Crippen molar-refractivity contribution in [1.29, 1.82) is 0 Å². The number of hydrogen-bond acceptors (Lipinski definition) is 7. The number of anilines is 2. The van der Waals surface area contributed by atoms with Crippen molar-refractivity contribution < 1.29 is 23.5 Å². The zero-order chi connectivity index (χ0) is 31.4. The molecule has 2 N–H and O–H groups in total. The van der Waals surface area contributed by atoms with Gasteiger partial charge in [0.05, 0.1) is 41.1 Å². The number of ether oxygens (including phenoxy) is 2. The predicted molar refractivity (Wildman–Crippen MR) is 164 cm³/mol. The quantitative estimate of drug-likeness (QED) is 0.190. The Kier molecular flexibility index (Phi) is 8.43. The number of hydrogen-bond donors (Lipinski definition) is 2. The lowest BCUT2D eigenvalue weighted by Gasteiger charge is -2.14. The Morgan fingerprint density at radius 1 is 1.00 bits per heavy atom. The average Bonchev–Trinajstić information content (AvgIpc) is 3.61. The molecule has 226 valence electrons. The van der Waals surface area contributed by atoms with Crippen LogP contribution in [0.1, 0.15) is 43.7 Å². The number of aryl methyl sites for hydroxylation is 1. The Morgan fingerprint density at radius 3 is 2.50 bits per heavy atom. The first-order chi connectivity index (χ1) is 21.0. The van der Waals surface area contributed by atoms with Gasteiger partial charge in [0.25, 0.3) is 0 Å². The number of amides is 2. The third-order valence-corrected chi connectivity index (χ3v) is 6.48. The van der Waals surface area contributed by atoms with Crippen molar-refractivity contribution >= 4 is 23.5 Å². The molecular weight excluding hydrogens is 565 g/mol. The van der Waals surface area contributed by atoms with E-state index in [1.807, 2.05) is 34.0 Å². The molecule has 2 aromatic carbocycles. The zero-order valence-electron chi connectivity index (χ0n) is 25.0. The molecule has 0 aliphatic rings. The van der Waals surface area contributed by atoms with Crippen LogP contribution in [-0.2, 0) is 17.2 Å². The van der Waals surface area contributed by atoms with Crippen molar-refractivity contribution in [2.24, 2.45) is 7.05 Å². The van der Waals surface area contributed by atoms with Gasteiger partial charge in [-0.2, -0.15) is 10.2 Å². The van der Waals surface area contributed by atoms with E-state index in [1.54, 1.807) is 72.5 Å². The van der Waals surface area contributed by atoms with Crippen molar-refractivity contribution in [3.05, 3.63) is 96.3 Å². The first kappa shape index (κ1) is 30.0. The molecular formula is C32H32FN7O4. The molecule has 5 aromatic rings. The summed E-state index contributed by atoms with van der Waals surface area (Å²) < 4.78 is 29.2. The summed E-state index contributed by atoms with van der Waals surface area (Å²) in [5.41, 5.74) is 2.67. The Morgan fingerprint density at radius 2 is 1.80 bits per heavy atom. The smallest absolute Gasteiger partial charge is 0.338 e. The molecule has 0 radical (unpaired) electrons. The minimum absolute atomic E-state index is 0.0490. The van der Waals surface area contributed by atoms with E-state index in [2.05, 4.69) is 25.8 Å². The summed E-state index contributed by atoms with van der Waals surface area (Å²) in [6.07, 6.45) is 5.11. The maximum absolute atomic E-state index is 15.1. The van der Waals surface area contributed by atoms with E-state index in [-0.39, 0.29) is 23.5 Å². The largest absolute Gasteiger partial charge is 0.462 e. The maximum atomic E-state index is 15.1. The van der Waals surface area contributed by atoms with Crippen LogP contribution < -0.4 is 15.4 Å². The van der Waals surface area contributed by atoms with Crippen LogP contribution in [0.25, 0.3) is 16.9 Å². The van der Waals surface area contributed by atoms with Crippen molar-refractivity contribution in [1.82, 2.24) is 24.5 Å². The summed E-state index contributed by atoms with van der Waals surface area (Å²) in [5, 5.41) is 14.1. The van der Waals surface area contributed by atoms with Gasteiger partial charge in [-0.15, -0.1) is 0 Å². The highest BCUT2D eigenvalue weighted by molar-refractivity contribution is 5.99. The molecule has 11 nitrogen and oxygen atoms in total. The molecule has 3 heterocycles. The first-order valence-corrected chi connectivity index (χ1v) is 13.9. The van der Waals surface area contributed by atoms with Crippen LogP contribution in [-0.4, -0.2) is 43.2 Å². The van der Waals surface area contributed by atoms with Gasteiger partial charge in [0.2, 0.25) is 0 Å². The highest BCUT2D eigenvalue weighted by Gasteiger charge is 2.22. The predicted octanol–water partition coefficient (Wildman–Crippen LogP) is 6.72. The molecule has 3 aromatic heterocycles. The maximum Gasteiger partial charge on any atom is 0.338 e.